The summed E-state index contributed by atoms with van der Waals surface area (Å²) in [5.41, 5.74) is 2.69. The van der Waals surface area contributed by atoms with Crippen molar-refractivity contribution in [3.05, 3.63) is 29.3 Å². The molecule has 0 aromatic heterocycles. The number of aliphatic hydroxyl groups excluding tert-OH is 1. The lowest BCUT2D eigenvalue weighted by atomic mass is 9.89. The Labute approximate surface area is 192 Å². The van der Waals surface area contributed by atoms with E-state index >= 15 is 0 Å². The zero-order chi connectivity index (χ0) is 22.5. The van der Waals surface area contributed by atoms with Crippen LogP contribution < -0.4 is 10.2 Å². The fourth-order valence-corrected chi connectivity index (χ4v) is 7.66. The van der Waals surface area contributed by atoms with E-state index in [2.05, 4.69) is 5.32 Å². The number of aliphatic hydroxyl groups is 1. The first-order chi connectivity index (χ1) is 14.8. The highest BCUT2D eigenvalue weighted by Crippen LogP contribution is 2.40. The van der Waals surface area contributed by atoms with E-state index in [9.17, 15) is 19.8 Å². The number of rotatable bonds is 8. The van der Waals surface area contributed by atoms with Crippen LogP contribution in [0.25, 0.3) is 0 Å². The summed E-state index contributed by atoms with van der Waals surface area (Å²) in [7, 11) is 5.74. The number of hydrogen-bond donors (Lipinski definition) is 3. The predicted molar refractivity (Wildman–Crippen MR) is 129 cm³/mol. The highest BCUT2D eigenvalue weighted by molar-refractivity contribution is 8.77. The van der Waals surface area contributed by atoms with Crippen LogP contribution in [0.4, 0.5) is 5.69 Å². The van der Waals surface area contributed by atoms with Crippen molar-refractivity contribution < 1.29 is 19.8 Å². The van der Waals surface area contributed by atoms with Crippen LogP contribution >= 0.6 is 21.6 Å². The first-order valence-electron chi connectivity index (χ1n) is 11.1. The van der Waals surface area contributed by atoms with Crippen molar-refractivity contribution in [3.63, 3.8) is 0 Å². The zero-order valence-corrected chi connectivity index (χ0v) is 20.2. The standard InChI is InChI=1S/C23H34N2O4S2/c1-14(2)21-22(27)24-17(13-26)11-16-8-7-15(12-20(16)25(21)3)19(23(28)29)6-4-5-18-9-10-30-31-18/h7-8,12,14,17-19,21,26H,4-6,9-11,13H2,1-3H3,(H,24,27)(H,28,29)/t17?,18?,19-,21?/m0/s1. The van der Waals surface area contributed by atoms with E-state index in [0.29, 0.717) is 18.1 Å². The normalized spacial score (nSPS) is 25.0. The molecule has 4 atom stereocenters. The first-order valence-corrected chi connectivity index (χ1v) is 13.5. The summed E-state index contributed by atoms with van der Waals surface area (Å²) in [5, 5.41) is 23.3. The molecule has 0 bridgehead atoms. The van der Waals surface area contributed by atoms with Crippen molar-refractivity contribution >= 4 is 39.2 Å². The molecular weight excluding hydrogens is 432 g/mol. The lowest BCUT2D eigenvalue weighted by molar-refractivity contribution is -0.139. The van der Waals surface area contributed by atoms with Gasteiger partial charge < -0.3 is 20.4 Å². The van der Waals surface area contributed by atoms with Gasteiger partial charge in [-0.3, -0.25) is 9.59 Å². The number of amides is 1. The summed E-state index contributed by atoms with van der Waals surface area (Å²) in [5.74, 6) is -0.198. The largest absolute Gasteiger partial charge is 0.481 e. The van der Waals surface area contributed by atoms with Crippen molar-refractivity contribution in [1.29, 1.82) is 0 Å². The van der Waals surface area contributed by atoms with Crippen molar-refractivity contribution in [2.45, 2.75) is 69.2 Å². The molecule has 1 saturated heterocycles. The number of carboxylic acid groups (broad SMARTS) is 1. The van der Waals surface area contributed by atoms with Crippen molar-refractivity contribution in [2.75, 3.05) is 24.3 Å². The minimum Gasteiger partial charge on any atom is -0.481 e. The Morgan fingerprint density at radius 1 is 1.35 bits per heavy atom. The molecule has 0 spiro atoms. The molecule has 2 heterocycles. The Hall–Kier alpha value is -1.38. The average Bonchev–Trinajstić information content (AvgIpc) is 3.23. The molecule has 8 heteroatoms. The van der Waals surface area contributed by atoms with E-state index < -0.39 is 11.9 Å². The molecule has 2 aliphatic rings. The van der Waals surface area contributed by atoms with E-state index in [1.807, 2.05) is 65.6 Å². The second-order valence-corrected chi connectivity index (χ2v) is 11.7. The number of carboxylic acids is 1. The fourth-order valence-electron chi connectivity index (χ4n) is 4.63. The van der Waals surface area contributed by atoms with Gasteiger partial charge >= 0.3 is 5.97 Å². The molecule has 2 aliphatic heterocycles. The summed E-state index contributed by atoms with van der Waals surface area (Å²) in [6, 6.07) is 5.11. The molecule has 0 aliphatic carbocycles. The van der Waals surface area contributed by atoms with Gasteiger partial charge in [-0.25, -0.2) is 0 Å². The van der Waals surface area contributed by atoms with E-state index in [-0.39, 0.29) is 30.5 Å². The van der Waals surface area contributed by atoms with Crippen LogP contribution in [0.1, 0.15) is 56.6 Å². The van der Waals surface area contributed by atoms with Crippen LogP contribution in [0.3, 0.4) is 0 Å². The van der Waals surface area contributed by atoms with Gasteiger partial charge in [0.25, 0.3) is 0 Å². The molecule has 0 radical (unpaired) electrons. The summed E-state index contributed by atoms with van der Waals surface area (Å²) < 4.78 is 0. The van der Waals surface area contributed by atoms with E-state index in [1.165, 1.54) is 12.2 Å². The van der Waals surface area contributed by atoms with Crippen LogP contribution in [-0.2, 0) is 16.0 Å². The molecule has 1 fully saturated rings. The maximum atomic E-state index is 12.8. The molecule has 172 valence electrons. The molecule has 3 N–H and O–H groups in total. The van der Waals surface area contributed by atoms with Crippen LogP contribution in [0.15, 0.2) is 18.2 Å². The Bertz CT molecular complexity index is 783. The Morgan fingerprint density at radius 3 is 2.74 bits per heavy atom. The number of carbonyl (C=O) groups is 2. The van der Waals surface area contributed by atoms with Gasteiger partial charge in [0.15, 0.2) is 0 Å². The third kappa shape index (κ3) is 5.90. The second-order valence-electron chi connectivity index (χ2n) is 8.93. The SMILES string of the molecule is CC(C)C1C(=O)NC(CO)Cc2ccc([C@H](CCCC3CCSS3)C(=O)O)cc2N1C. The molecular formula is C23H34N2O4S2. The topological polar surface area (TPSA) is 89.9 Å². The van der Waals surface area contributed by atoms with Crippen molar-refractivity contribution in [3.8, 4) is 0 Å². The minimum atomic E-state index is -0.798. The average molecular weight is 467 g/mol. The monoisotopic (exact) mass is 466 g/mol. The fraction of sp³-hybridized carbons (Fsp3) is 0.652. The zero-order valence-electron chi connectivity index (χ0n) is 18.5. The second kappa shape index (κ2) is 11.0. The number of benzene rings is 1. The number of likely N-dealkylation sites (N-methyl/N-ethyl adjacent to an activating group) is 1. The van der Waals surface area contributed by atoms with Gasteiger partial charge in [-0.1, -0.05) is 54.0 Å². The summed E-state index contributed by atoms with van der Waals surface area (Å²) in [6.07, 6.45) is 4.29. The van der Waals surface area contributed by atoms with Crippen LogP contribution in [0.5, 0.6) is 0 Å². The molecule has 1 aromatic carbocycles. The molecule has 1 aromatic rings. The number of hydrogen-bond acceptors (Lipinski definition) is 6. The van der Waals surface area contributed by atoms with Crippen molar-refractivity contribution in [2.24, 2.45) is 5.92 Å². The first kappa shape index (κ1) is 24.3. The van der Waals surface area contributed by atoms with Crippen LogP contribution in [0, 0.1) is 5.92 Å². The van der Waals surface area contributed by atoms with Gasteiger partial charge in [-0.15, -0.1) is 0 Å². The predicted octanol–water partition coefficient (Wildman–Crippen LogP) is 3.67. The lowest BCUT2D eigenvalue weighted by Gasteiger charge is -2.37. The Morgan fingerprint density at radius 2 is 2.13 bits per heavy atom. The number of carbonyl (C=O) groups excluding carboxylic acids is 1. The van der Waals surface area contributed by atoms with Gasteiger partial charge in [0.05, 0.1) is 18.6 Å². The third-order valence-corrected chi connectivity index (χ3v) is 9.29. The Kier molecular flexibility index (Phi) is 8.58. The lowest BCUT2D eigenvalue weighted by Crippen LogP contribution is -2.54. The van der Waals surface area contributed by atoms with Crippen LogP contribution in [-0.4, -0.2) is 58.8 Å². The maximum Gasteiger partial charge on any atom is 0.310 e. The Balaban J connectivity index is 1.86. The third-order valence-electron chi connectivity index (χ3n) is 6.29. The number of fused-ring (bicyclic) bond motifs is 1. The summed E-state index contributed by atoms with van der Waals surface area (Å²) in [6.45, 7) is 3.87. The number of anilines is 1. The summed E-state index contributed by atoms with van der Waals surface area (Å²) >= 11 is 0. The van der Waals surface area contributed by atoms with E-state index in [1.54, 1.807) is 0 Å². The van der Waals surface area contributed by atoms with Gasteiger partial charge in [-0.2, -0.15) is 0 Å². The number of nitrogens with one attached hydrogen (secondary N) is 1. The number of aliphatic carboxylic acids is 1. The smallest absolute Gasteiger partial charge is 0.310 e. The highest BCUT2D eigenvalue weighted by Gasteiger charge is 2.33. The maximum absolute atomic E-state index is 12.8. The quantitative estimate of drug-likeness (QED) is 0.504. The van der Waals surface area contributed by atoms with E-state index in [4.69, 9.17) is 0 Å². The minimum absolute atomic E-state index is 0.0657. The molecule has 6 nitrogen and oxygen atoms in total. The van der Waals surface area contributed by atoms with Crippen molar-refractivity contribution in [1.82, 2.24) is 5.32 Å². The van der Waals surface area contributed by atoms with Gasteiger partial charge in [0, 0.05) is 23.7 Å². The molecule has 0 saturated carbocycles. The van der Waals surface area contributed by atoms with Crippen LogP contribution in [0.2, 0.25) is 0 Å². The highest BCUT2D eigenvalue weighted by atomic mass is 33.1. The molecule has 3 rings (SSSR count). The van der Waals surface area contributed by atoms with Gasteiger partial charge in [0.1, 0.15) is 6.04 Å². The van der Waals surface area contributed by atoms with E-state index in [0.717, 1.165) is 29.7 Å². The molecule has 3 unspecified atom stereocenters. The molecule has 1 amide bonds. The number of nitrogens with zero attached hydrogens (tertiary/aromatic N) is 1. The molecule has 31 heavy (non-hydrogen) atoms. The van der Waals surface area contributed by atoms with Gasteiger partial charge in [0.2, 0.25) is 5.91 Å². The summed E-state index contributed by atoms with van der Waals surface area (Å²) in [4.78, 5) is 26.9. The van der Waals surface area contributed by atoms with Gasteiger partial charge in [-0.05, 0) is 48.8 Å².